The van der Waals surface area contributed by atoms with Gasteiger partial charge in [0.15, 0.2) is 12.7 Å². The van der Waals surface area contributed by atoms with Gasteiger partial charge in [-0.2, -0.15) is 0 Å². The molecule has 0 saturated heterocycles. The van der Waals surface area contributed by atoms with Crippen molar-refractivity contribution in [2.75, 3.05) is 27.4 Å². The summed E-state index contributed by atoms with van der Waals surface area (Å²) in [6.45, 7) is -0.447. The summed E-state index contributed by atoms with van der Waals surface area (Å²) in [6.07, 6.45) is -1.38. The monoisotopic (exact) mass is 283 g/mol. The molecule has 0 aliphatic rings. The quantitative estimate of drug-likeness (QED) is 0.669. The second-order valence-corrected chi connectivity index (χ2v) is 3.81. The number of rotatable bonds is 7. The van der Waals surface area contributed by atoms with E-state index in [1.54, 1.807) is 31.4 Å². The first kappa shape index (κ1) is 15.8. The number of aliphatic hydroxyl groups excluding tert-OH is 1. The van der Waals surface area contributed by atoms with Gasteiger partial charge in [0.2, 0.25) is 0 Å². The third-order valence-corrected chi connectivity index (χ3v) is 2.40. The Kier molecular flexibility index (Phi) is 6.31. The van der Waals surface area contributed by atoms with Crippen molar-refractivity contribution in [3.05, 3.63) is 24.3 Å². The maximum atomic E-state index is 11.4. The van der Waals surface area contributed by atoms with Crippen LogP contribution in [0.15, 0.2) is 24.3 Å². The maximum Gasteiger partial charge on any atom is 0.336 e. The Morgan fingerprint density at radius 2 is 1.80 bits per heavy atom. The fraction of sp³-hybridized carbons (Fsp3) is 0.385. The van der Waals surface area contributed by atoms with Gasteiger partial charge in [-0.3, -0.25) is 4.79 Å². The number of hydrogen-bond acceptors (Lipinski definition) is 6. The van der Waals surface area contributed by atoms with Gasteiger partial charge < -0.3 is 24.6 Å². The molecule has 110 valence electrons. The van der Waals surface area contributed by atoms with E-state index in [9.17, 15) is 14.7 Å². The summed E-state index contributed by atoms with van der Waals surface area (Å²) in [5.41, 5.74) is 0. The SMILES string of the molecule is COC(=O)C(O)CNC(=O)COc1ccc(OC)cc1. The van der Waals surface area contributed by atoms with Crippen LogP contribution in [0.4, 0.5) is 0 Å². The molecule has 0 bridgehead atoms. The molecule has 20 heavy (non-hydrogen) atoms. The molecule has 7 nitrogen and oxygen atoms in total. The van der Waals surface area contributed by atoms with E-state index in [1.807, 2.05) is 0 Å². The van der Waals surface area contributed by atoms with Crippen molar-refractivity contribution in [3.8, 4) is 11.5 Å². The van der Waals surface area contributed by atoms with Crippen molar-refractivity contribution in [2.45, 2.75) is 6.10 Å². The smallest absolute Gasteiger partial charge is 0.336 e. The molecule has 0 aliphatic heterocycles. The molecule has 0 saturated carbocycles. The molecular formula is C13H17NO6. The second kappa shape index (κ2) is 8.00. The van der Waals surface area contributed by atoms with E-state index >= 15 is 0 Å². The molecular weight excluding hydrogens is 266 g/mol. The van der Waals surface area contributed by atoms with Crippen molar-refractivity contribution >= 4 is 11.9 Å². The van der Waals surface area contributed by atoms with Crippen molar-refractivity contribution in [1.82, 2.24) is 5.32 Å². The fourth-order valence-corrected chi connectivity index (χ4v) is 1.30. The summed E-state index contributed by atoms with van der Waals surface area (Å²) in [5, 5.41) is 11.6. The first-order valence-electron chi connectivity index (χ1n) is 5.86. The van der Waals surface area contributed by atoms with E-state index in [1.165, 1.54) is 0 Å². The van der Waals surface area contributed by atoms with Gasteiger partial charge >= 0.3 is 5.97 Å². The minimum Gasteiger partial charge on any atom is -0.497 e. The molecule has 1 atom stereocenters. The van der Waals surface area contributed by atoms with E-state index in [2.05, 4.69) is 10.1 Å². The molecule has 2 N–H and O–H groups in total. The van der Waals surface area contributed by atoms with Gasteiger partial charge in [0.05, 0.1) is 20.8 Å². The number of nitrogens with one attached hydrogen (secondary N) is 1. The highest BCUT2D eigenvalue weighted by Gasteiger charge is 2.16. The molecule has 1 unspecified atom stereocenters. The minimum atomic E-state index is -1.38. The van der Waals surface area contributed by atoms with Crippen LogP contribution in [0.2, 0.25) is 0 Å². The van der Waals surface area contributed by atoms with Crippen molar-refractivity contribution in [1.29, 1.82) is 0 Å². The van der Waals surface area contributed by atoms with Gasteiger partial charge in [0.25, 0.3) is 5.91 Å². The molecule has 0 heterocycles. The molecule has 0 spiro atoms. The Morgan fingerprint density at radius 3 is 2.35 bits per heavy atom. The van der Waals surface area contributed by atoms with Crippen LogP contribution in [0.25, 0.3) is 0 Å². The summed E-state index contributed by atoms with van der Waals surface area (Å²) < 4.78 is 14.5. The Bertz CT molecular complexity index is 445. The highest BCUT2D eigenvalue weighted by molar-refractivity contribution is 5.79. The van der Waals surface area contributed by atoms with Crippen LogP contribution in [-0.4, -0.2) is 50.5 Å². The zero-order chi connectivity index (χ0) is 15.0. The third kappa shape index (κ3) is 5.15. The Morgan fingerprint density at radius 1 is 1.20 bits per heavy atom. The highest BCUT2D eigenvalue weighted by atomic mass is 16.5. The zero-order valence-electron chi connectivity index (χ0n) is 11.3. The van der Waals surface area contributed by atoms with E-state index in [-0.39, 0.29) is 13.2 Å². The average molecular weight is 283 g/mol. The van der Waals surface area contributed by atoms with Crippen LogP contribution >= 0.6 is 0 Å². The maximum absolute atomic E-state index is 11.4. The van der Waals surface area contributed by atoms with Gasteiger partial charge in [-0.1, -0.05) is 0 Å². The number of aliphatic hydroxyl groups is 1. The van der Waals surface area contributed by atoms with Crippen molar-refractivity contribution in [3.63, 3.8) is 0 Å². The lowest BCUT2D eigenvalue weighted by Gasteiger charge is -2.10. The standard InChI is InChI=1S/C13H17NO6/c1-18-9-3-5-10(6-4-9)20-8-12(16)14-7-11(15)13(17)19-2/h3-6,11,15H,7-8H2,1-2H3,(H,14,16). The van der Waals surface area contributed by atoms with Crippen molar-refractivity contribution < 1.29 is 28.9 Å². The van der Waals surface area contributed by atoms with E-state index in [0.29, 0.717) is 11.5 Å². The summed E-state index contributed by atoms with van der Waals surface area (Å²) in [5.74, 6) is -0.0670. The number of ether oxygens (including phenoxy) is 3. The second-order valence-electron chi connectivity index (χ2n) is 3.81. The summed E-state index contributed by atoms with van der Waals surface area (Å²) in [7, 11) is 2.70. The van der Waals surface area contributed by atoms with Gasteiger partial charge in [0, 0.05) is 0 Å². The number of benzene rings is 1. The van der Waals surface area contributed by atoms with E-state index in [0.717, 1.165) is 7.11 Å². The molecule has 1 amide bonds. The van der Waals surface area contributed by atoms with E-state index in [4.69, 9.17) is 9.47 Å². The minimum absolute atomic E-state index is 0.222. The Balaban J connectivity index is 2.30. The lowest BCUT2D eigenvalue weighted by Crippen LogP contribution is -2.39. The zero-order valence-corrected chi connectivity index (χ0v) is 11.3. The summed E-state index contributed by atoms with van der Waals surface area (Å²) in [6, 6.07) is 6.73. The number of esters is 1. The Hall–Kier alpha value is -2.28. The molecule has 1 aromatic rings. The lowest BCUT2D eigenvalue weighted by atomic mass is 10.3. The first-order chi connectivity index (χ1) is 9.56. The lowest BCUT2D eigenvalue weighted by molar-refractivity contribution is -0.150. The number of methoxy groups -OCH3 is 2. The van der Waals surface area contributed by atoms with Crippen LogP contribution in [0.3, 0.4) is 0 Å². The van der Waals surface area contributed by atoms with Crippen LogP contribution in [0.1, 0.15) is 0 Å². The van der Waals surface area contributed by atoms with Crippen LogP contribution in [0, 0.1) is 0 Å². The summed E-state index contributed by atoms with van der Waals surface area (Å²) >= 11 is 0. The van der Waals surface area contributed by atoms with Gasteiger partial charge in [-0.25, -0.2) is 4.79 Å². The number of hydrogen-bond donors (Lipinski definition) is 2. The summed E-state index contributed by atoms with van der Waals surface area (Å²) in [4.78, 5) is 22.3. The third-order valence-electron chi connectivity index (χ3n) is 2.40. The molecule has 1 rings (SSSR count). The molecule has 0 aliphatic carbocycles. The van der Waals surface area contributed by atoms with E-state index < -0.39 is 18.0 Å². The number of carbonyl (C=O) groups is 2. The van der Waals surface area contributed by atoms with Gasteiger partial charge in [0.1, 0.15) is 11.5 Å². The van der Waals surface area contributed by atoms with Crippen LogP contribution in [-0.2, 0) is 14.3 Å². The fourth-order valence-electron chi connectivity index (χ4n) is 1.30. The predicted molar refractivity (Wildman–Crippen MR) is 69.5 cm³/mol. The Labute approximate surface area is 116 Å². The normalized spacial score (nSPS) is 11.3. The molecule has 0 radical (unpaired) electrons. The highest BCUT2D eigenvalue weighted by Crippen LogP contribution is 2.16. The molecule has 0 aromatic heterocycles. The van der Waals surface area contributed by atoms with Gasteiger partial charge in [-0.15, -0.1) is 0 Å². The largest absolute Gasteiger partial charge is 0.497 e. The molecule has 1 aromatic carbocycles. The number of carbonyl (C=O) groups excluding carboxylic acids is 2. The van der Waals surface area contributed by atoms with Crippen LogP contribution < -0.4 is 14.8 Å². The van der Waals surface area contributed by atoms with Gasteiger partial charge in [-0.05, 0) is 24.3 Å². The topological polar surface area (TPSA) is 94.1 Å². The van der Waals surface area contributed by atoms with Crippen molar-refractivity contribution in [2.24, 2.45) is 0 Å². The number of amides is 1. The molecule has 7 heteroatoms. The predicted octanol–water partition coefficient (Wildman–Crippen LogP) is -0.276. The molecule has 0 fully saturated rings. The van der Waals surface area contributed by atoms with Crippen LogP contribution in [0.5, 0.6) is 11.5 Å². The first-order valence-corrected chi connectivity index (χ1v) is 5.86. The average Bonchev–Trinajstić information content (AvgIpc) is 2.50.